The molecular weight excluding hydrogens is 270 g/mol. The summed E-state index contributed by atoms with van der Waals surface area (Å²) in [6, 6.07) is 5.03. The Hall–Kier alpha value is -1.60. The van der Waals surface area contributed by atoms with E-state index in [2.05, 4.69) is 15.2 Å². The normalized spacial score (nSPS) is 11.0. The fourth-order valence-corrected chi connectivity index (χ4v) is 2.33. The van der Waals surface area contributed by atoms with Gasteiger partial charge in [-0.2, -0.15) is 0 Å². The van der Waals surface area contributed by atoms with Crippen LogP contribution in [0.5, 0.6) is 11.5 Å². The molecule has 18 heavy (non-hydrogen) atoms. The third kappa shape index (κ3) is 2.99. The van der Waals surface area contributed by atoms with Crippen molar-refractivity contribution in [1.29, 1.82) is 0 Å². The lowest BCUT2D eigenvalue weighted by molar-refractivity contribution is 0.407. The first-order valence-electron chi connectivity index (χ1n) is 5.01. The molecule has 0 saturated heterocycles. The van der Waals surface area contributed by atoms with Crippen LogP contribution in [0.25, 0.3) is 0 Å². The first-order chi connectivity index (χ1) is 8.72. The molecule has 0 fully saturated rings. The van der Waals surface area contributed by atoms with Gasteiger partial charge in [0, 0.05) is 17.8 Å². The van der Waals surface area contributed by atoms with Gasteiger partial charge in [-0.05, 0) is 18.4 Å². The quantitative estimate of drug-likeness (QED) is 0.689. The van der Waals surface area contributed by atoms with Crippen LogP contribution in [0, 0.1) is 0 Å². The highest BCUT2D eigenvalue weighted by atomic mass is 32.2. The number of aliphatic imine (C=N–C) groups is 1. The van der Waals surface area contributed by atoms with Crippen molar-refractivity contribution in [3.63, 3.8) is 0 Å². The molecule has 0 radical (unpaired) electrons. The Balaban J connectivity index is 2.18. The van der Waals surface area contributed by atoms with E-state index in [-0.39, 0.29) is 5.75 Å². The van der Waals surface area contributed by atoms with Crippen LogP contribution in [0.3, 0.4) is 0 Å². The van der Waals surface area contributed by atoms with E-state index < -0.39 is 0 Å². The Labute approximate surface area is 113 Å². The zero-order valence-corrected chi connectivity index (χ0v) is 11.5. The second-order valence-electron chi connectivity index (χ2n) is 3.24. The SMILES string of the molecule is COc1ccc(C=Nc2nnc(SC)s2)c(O)c1. The molecule has 7 heteroatoms. The van der Waals surface area contributed by atoms with E-state index in [1.54, 1.807) is 25.5 Å². The fourth-order valence-electron chi connectivity index (χ4n) is 1.22. The lowest BCUT2D eigenvalue weighted by atomic mass is 10.2. The summed E-state index contributed by atoms with van der Waals surface area (Å²) in [7, 11) is 1.55. The van der Waals surface area contributed by atoms with E-state index in [9.17, 15) is 5.11 Å². The second-order valence-corrected chi connectivity index (χ2v) is 5.25. The number of phenols is 1. The average molecular weight is 281 g/mol. The van der Waals surface area contributed by atoms with Crippen molar-refractivity contribution in [3.05, 3.63) is 23.8 Å². The van der Waals surface area contributed by atoms with Gasteiger partial charge in [0.1, 0.15) is 11.5 Å². The van der Waals surface area contributed by atoms with Crippen molar-refractivity contribution in [1.82, 2.24) is 10.2 Å². The molecule has 0 aliphatic rings. The number of benzene rings is 1. The van der Waals surface area contributed by atoms with Crippen LogP contribution >= 0.6 is 23.1 Å². The number of hydrogen-bond acceptors (Lipinski definition) is 7. The lowest BCUT2D eigenvalue weighted by Gasteiger charge is -2.02. The monoisotopic (exact) mass is 281 g/mol. The van der Waals surface area contributed by atoms with Gasteiger partial charge in [0.15, 0.2) is 4.34 Å². The zero-order chi connectivity index (χ0) is 13.0. The minimum Gasteiger partial charge on any atom is -0.507 e. The molecule has 0 aliphatic carbocycles. The first kappa shape index (κ1) is 12.8. The number of methoxy groups -OCH3 is 1. The second kappa shape index (κ2) is 5.83. The minimum atomic E-state index is 0.118. The molecule has 0 unspecified atom stereocenters. The van der Waals surface area contributed by atoms with Crippen molar-refractivity contribution in [3.8, 4) is 11.5 Å². The molecule has 0 amide bonds. The van der Waals surface area contributed by atoms with Crippen LogP contribution < -0.4 is 4.74 Å². The standard InChI is InChI=1S/C11H11N3O2S2/c1-16-8-4-3-7(9(15)5-8)6-12-10-13-14-11(17-2)18-10/h3-6,15H,1-2H3. The van der Waals surface area contributed by atoms with Gasteiger partial charge in [-0.25, -0.2) is 4.99 Å². The predicted molar refractivity (Wildman–Crippen MR) is 73.6 cm³/mol. The number of aromatic nitrogens is 2. The topological polar surface area (TPSA) is 67.6 Å². The van der Waals surface area contributed by atoms with E-state index >= 15 is 0 Å². The smallest absolute Gasteiger partial charge is 0.232 e. The number of aromatic hydroxyl groups is 1. The van der Waals surface area contributed by atoms with Gasteiger partial charge in [-0.1, -0.05) is 23.1 Å². The van der Waals surface area contributed by atoms with Gasteiger partial charge in [-0.3, -0.25) is 0 Å². The number of nitrogens with zero attached hydrogens (tertiary/aromatic N) is 3. The van der Waals surface area contributed by atoms with Crippen molar-refractivity contribution in [2.24, 2.45) is 4.99 Å². The highest BCUT2D eigenvalue weighted by molar-refractivity contribution is 8.00. The van der Waals surface area contributed by atoms with Crippen LogP contribution in [-0.4, -0.2) is 34.9 Å². The van der Waals surface area contributed by atoms with Crippen LogP contribution in [0.2, 0.25) is 0 Å². The summed E-state index contributed by atoms with van der Waals surface area (Å²) in [5.41, 5.74) is 0.608. The Morgan fingerprint density at radius 1 is 1.44 bits per heavy atom. The maximum Gasteiger partial charge on any atom is 0.232 e. The Bertz CT molecular complexity index is 569. The lowest BCUT2D eigenvalue weighted by Crippen LogP contribution is -1.86. The van der Waals surface area contributed by atoms with Crippen molar-refractivity contribution < 1.29 is 9.84 Å². The molecule has 0 bridgehead atoms. The van der Waals surface area contributed by atoms with Gasteiger partial charge in [-0.15, -0.1) is 10.2 Å². The molecule has 1 N–H and O–H groups in total. The van der Waals surface area contributed by atoms with Crippen molar-refractivity contribution in [2.75, 3.05) is 13.4 Å². The van der Waals surface area contributed by atoms with E-state index in [0.29, 0.717) is 16.4 Å². The molecule has 1 aromatic heterocycles. The molecule has 0 atom stereocenters. The third-order valence-corrected chi connectivity index (χ3v) is 3.93. The summed E-state index contributed by atoms with van der Waals surface area (Å²) in [4.78, 5) is 4.17. The van der Waals surface area contributed by atoms with Crippen LogP contribution in [0.15, 0.2) is 27.5 Å². The number of phenolic OH excluding ortho intramolecular Hbond substituents is 1. The number of rotatable bonds is 4. The van der Waals surface area contributed by atoms with Crippen LogP contribution in [-0.2, 0) is 0 Å². The molecule has 1 aromatic carbocycles. The molecule has 0 spiro atoms. The summed E-state index contributed by atoms with van der Waals surface area (Å²) in [6.45, 7) is 0. The Morgan fingerprint density at radius 3 is 2.89 bits per heavy atom. The molecule has 2 aromatic rings. The molecule has 1 heterocycles. The number of ether oxygens (including phenoxy) is 1. The van der Waals surface area contributed by atoms with Crippen LogP contribution in [0.4, 0.5) is 5.13 Å². The minimum absolute atomic E-state index is 0.118. The number of hydrogen-bond donors (Lipinski definition) is 1. The Kier molecular flexibility index (Phi) is 4.16. The fraction of sp³-hybridized carbons (Fsp3) is 0.182. The number of thioether (sulfide) groups is 1. The molecule has 5 nitrogen and oxygen atoms in total. The van der Waals surface area contributed by atoms with Crippen LogP contribution in [0.1, 0.15) is 5.56 Å². The molecule has 0 aliphatic heterocycles. The van der Waals surface area contributed by atoms with E-state index in [4.69, 9.17) is 4.74 Å². The highest BCUT2D eigenvalue weighted by Gasteiger charge is 2.03. The largest absolute Gasteiger partial charge is 0.507 e. The van der Waals surface area contributed by atoms with Gasteiger partial charge >= 0.3 is 0 Å². The van der Waals surface area contributed by atoms with Gasteiger partial charge < -0.3 is 9.84 Å². The van der Waals surface area contributed by atoms with Gasteiger partial charge in [0.2, 0.25) is 5.13 Å². The summed E-state index contributed by atoms with van der Waals surface area (Å²) in [5.74, 6) is 0.720. The van der Waals surface area contributed by atoms with E-state index in [0.717, 1.165) is 4.34 Å². The summed E-state index contributed by atoms with van der Waals surface area (Å²) in [5, 5.41) is 18.1. The molecule has 94 valence electrons. The molecular formula is C11H11N3O2S2. The average Bonchev–Trinajstić information content (AvgIpc) is 2.85. The summed E-state index contributed by atoms with van der Waals surface area (Å²) in [6.07, 6.45) is 3.49. The third-order valence-electron chi connectivity index (χ3n) is 2.12. The molecule has 0 saturated carbocycles. The maximum absolute atomic E-state index is 9.74. The maximum atomic E-state index is 9.74. The summed E-state index contributed by atoms with van der Waals surface area (Å²) < 4.78 is 5.87. The van der Waals surface area contributed by atoms with Gasteiger partial charge in [0.25, 0.3) is 0 Å². The first-order valence-corrected chi connectivity index (χ1v) is 7.05. The van der Waals surface area contributed by atoms with Crippen molar-refractivity contribution >= 4 is 34.4 Å². The summed E-state index contributed by atoms with van der Waals surface area (Å²) >= 11 is 2.93. The molecule has 2 rings (SSSR count). The zero-order valence-electron chi connectivity index (χ0n) is 9.82. The van der Waals surface area contributed by atoms with E-state index in [1.807, 2.05) is 6.26 Å². The highest BCUT2D eigenvalue weighted by Crippen LogP contribution is 2.26. The van der Waals surface area contributed by atoms with E-state index in [1.165, 1.54) is 29.2 Å². The van der Waals surface area contributed by atoms with Gasteiger partial charge in [0.05, 0.1) is 7.11 Å². The Morgan fingerprint density at radius 2 is 2.28 bits per heavy atom. The van der Waals surface area contributed by atoms with Crippen molar-refractivity contribution in [2.45, 2.75) is 4.34 Å². The predicted octanol–water partition coefficient (Wildman–Crippen LogP) is 2.72.